The van der Waals surface area contributed by atoms with Gasteiger partial charge in [0.1, 0.15) is 5.82 Å². The largest absolute Gasteiger partial charge is 0.394 e. The van der Waals surface area contributed by atoms with Crippen molar-refractivity contribution in [3.63, 3.8) is 0 Å². The molecule has 0 radical (unpaired) electrons. The molecule has 0 heterocycles. The van der Waals surface area contributed by atoms with Gasteiger partial charge in [0, 0.05) is 5.02 Å². The number of sulfonamides is 1. The highest BCUT2D eigenvalue weighted by molar-refractivity contribution is 7.89. The van der Waals surface area contributed by atoms with E-state index in [1.165, 1.54) is 19.1 Å². The molecule has 0 spiro atoms. The molecule has 0 aromatic heterocycles. The van der Waals surface area contributed by atoms with Crippen molar-refractivity contribution in [3.05, 3.63) is 64.4 Å². The lowest BCUT2D eigenvalue weighted by molar-refractivity contribution is 0.259. The zero-order chi connectivity index (χ0) is 16.3. The van der Waals surface area contributed by atoms with Gasteiger partial charge in [0.25, 0.3) is 0 Å². The fourth-order valence-electron chi connectivity index (χ4n) is 1.95. The van der Waals surface area contributed by atoms with Gasteiger partial charge < -0.3 is 5.11 Å². The number of halogens is 2. The summed E-state index contributed by atoms with van der Waals surface area (Å²) in [5, 5.41) is 9.95. The number of hydrogen-bond donors (Lipinski definition) is 2. The Hall–Kier alpha value is -1.47. The normalized spacial score (nSPS) is 13.1. The van der Waals surface area contributed by atoms with Gasteiger partial charge in [-0.25, -0.2) is 17.5 Å². The van der Waals surface area contributed by atoms with E-state index in [0.29, 0.717) is 10.6 Å². The number of aliphatic hydroxyl groups is 1. The van der Waals surface area contributed by atoms with Crippen molar-refractivity contribution in [1.82, 2.24) is 4.72 Å². The summed E-state index contributed by atoms with van der Waals surface area (Å²) < 4.78 is 40.3. The van der Waals surface area contributed by atoms with Crippen LogP contribution in [-0.2, 0) is 10.0 Å². The Bertz CT molecular complexity index is 763. The van der Waals surface area contributed by atoms with Crippen LogP contribution >= 0.6 is 11.6 Å². The number of hydrogen-bond acceptors (Lipinski definition) is 3. The van der Waals surface area contributed by atoms with Crippen molar-refractivity contribution in [1.29, 1.82) is 0 Å². The molecule has 2 aromatic rings. The highest BCUT2D eigenvalue weighted by Gasteiger charge is 2.21. The number of benzene rings is 2. The molecule has 1 unspecified atom stereocenters. The number of rotatable bonds is 5. The molecule has 4 nitrogen and oxygen atoms in total. The molecule has 0 aliphatic heterocycles. The minimum Gasteiger partial charge on any atom is -0.394 e. The van der Waals surface area contributed by atoms with Crippen molar-refractivity contribution < 1.29 is 17.9 Å². The summed E-state index contributed by atoms with van der Waals surface area (Å²) in [5.74, 6) is -0.477. The van der Waals surface area contributed by atoms with Crippen LogP contribution in [0.1, 0.15) is 17.2 Å². The lowest BCUT2D eigenvalue weighted by Gasteiger charge is -2.17. The Kier molecular flexibility index (Phi) is 5.18. The molecule has 0 aliphatic rings. The Balaban J connectivity index is 2.29. The first-order valence-electron chi connectivity index (χ1n) is 6.48. The second-order valence-electron chi connectivity index (χ2n) is 4.82. The number of nitrogens with one attached hydrogen (secondary N) is 1. The molecule has 2 rings (SSSR count). The van der Waals surface area contributed by atoms with Crippen LogP contribution < -0.4 is 4.72 Å². The van der Waals surface area contributed by atoms with Crippen molar-refractivity contribution in [2.24, 2.45) is 0 Å². The minimum atomic E-state index is -3.88. The molecule has 118 valence electrons. The molecule has 0 saturated heterocycles. The van der Waals surface area contributed by atoms with Gasteiger partial charge in [0.05, 0.1) is 17.5 Å². The first-order chi connectivity index (χ1) is 10.3. The molecule has 0 fully saturated rings. The highest BCUT2D eigenvalue weighted by atomic mass is 35.5. The Morgan fingerprint density at radius 1 is 1.23 bits per heavy atom. The van der Waals surface area contributed by atoms with Crippen LogP contribution in [0.15, 0.2) is 47.4 Å². The average Bonchev–Trinajstić information content (AvgIpc) is 2.48. The quantitative estimate of drug-likeness (QED) is 0.877. The van der Waals surface area contributed by atoms with E-state index in [9.17, 15) is 17.9 Å². The van der Waals surface area contributed by atoms with Gasteiger partial charge in [0.15, 0.2) is 0 Å². The Morgan fingerprint density at radius 2 is 1.86 bits per heavy atom. The predicted molar refractivity (Wildman–Crippen MR) is 82.7 cm³/mol. The van der Waals surface area contributed by atoms with E-state index in [-0.39, 0.29) is 10.5 Å². The summed E-state index contributed by atoms with van der Waals surface area (Å²) >= 11 is 5.78. The maximum atomic E-state index is 13.3. The molecule has 0 amide bonds. The van der Waals surface area contributed by atoms with Crippen LogP contribution in [0.4, 0.5) is 4.39 Å². The van der Waals surface area contributed by atoms with E-state index in [2.05, 4.69) is 4.72 Å². The molecule has 2 aromatic carbocycles. The molecule has 0 aliphatic carbocycles. The van der Waals surface area contributed by atoms with Crippen LogP contribution in [0, 0.1) is 12.7 Å². The summed E-state index contributed by atoms with van der Waals surface area (Å²) in [6, 6.07) is 9.18. The maximum Gasteiger partial charge on any atom is 0.241 e. The second-order valence-corrected chi connectivity index (χ2v) is 6.97. The van der Waals surface area contributed by atoms with Crippen molar-refractivity contribution in [3.8, 4) is 0 Å². The van der Waals surface area contributed by atoms with Gasteiger partial charge in [-0.05, 0) is 48.4 Å². The van der Waals surface area contributed by atoms with E-state index >= 15 is 0 Å². The first kappa shape index (κ1) is 16.9. The topological polar surface area (TPSA) is 66.4 Å². The minimum absolute atomic E-state index is 0.0567. The van der Waals surface area contributed by atoms with Crippen LogP contribution in [0.2, 0.25) is 5.02 Å². The summed E-state index contributed by atoms with van der Waals surface area (Å²) in [5.41, 5.74) is 0.809. The molecular weight excluding hydrogens is 329 g/mol. The van der Waals surface area contributed by atoms with Crippen molar-refractivity contribution in [2.75, 3.05) is 6.61 Å². The summed E-state index contributed by atoms with van der Waals surface area (Å²) in [4.78, 5) is -0.0567. The summed E-state index contributed by atoms with van der Waals surface area (Å²) in [6.45, 7) is 1.07. The molecular formula is C15H15ClFNO3S. The van der Waals surface area contributed by atoms with Gasteiger partial charge in [-0.15, -0.1) is 0 Å². The van der Waals surface area contributed by atoms with E-state index in [1.807, 2.05) is 0 Å². The molecule has 22 heavy (non-hydrogen) atoms. The van der Waals surface area contributed by atoms with Crippen molar-refractivity contribution >= 4 is 21.6 Å². The van der Waals surface area contributed by atoms with Crippen LogP contribution in [0.3, 0.4) is 0 Å². The maximum absolute atomic E-state index is 13.3. The highest BCUT2D eigenvalue weighted by Crippen LogP contribution is 2.20. The Labute approximate surface area is 133 Å². The number of aryl methyl sites for hydroxylation is 1. The SMILES string of the molecule is Cc1cc(S(=O)(=O)NC(CO)c2ccc(Cl)cc2)ccc1F. The van der Waals surface area contributed by atoms with Crippen LogP contribution in [-0.4, -0.2) is 20.1 Å². The molecule has 0 bridgehead atoms. The van der Waals surface area contributed by atoms with Gasteiger partial charge in [-0.3, -0.25) is 0 Å². The van der Waals surface area contributed by atoms with Crippen molar-refractivity contribution in [2.45, 2.75) is 17.9 Å². The van der Waals surface area contributed by atoms with Gasteiger partial charge in [-0.2, -0.15) is 0 Å². The average molecular weight is 344 g/mol. The summed E-state index contributed by atoms with van der Waals surface area (Å²) in [6.07, 6.45) is 0. The first-order valence-corrected chi connectivity index (χ1v) is 8.34. The molecule has 7 heteroatoms. The third-order valence-corrected chi connectivity index (χ3v) is 4.91. The third kappa shape index (κ3) is 3.84. The third-order valence-electron chi connectivity index (χ3n) is 3.19. The second kappa shape index (κ2) is 6.75. The number of aliphatic hydroxyl groups excluding tert-OH is 1. The van der Waals surface area contributed by atoms with Crippen LogP contribution in [0.5, 0.6) is 0 Å². The van der Waals surface area contributed by atoms with E-state index < -0.39 is 28.5 Å². The molecule has 2 N–H and O–H groups in total. The smallest absolute Gasteiger partial charge is 0.241 e. The van der Waals surface area contributed by atoms with Gasteiger partial charge in [-0.1, -0.05) is 23.7 Å². The van der Waals surface area contributed by atoms with Gasteiger partial charge >= 0.3 is 0 Å². The molecule has 0 saturated carbocycles. The fourth-order valence-corrected chi connectivity index (χ4v) is 3.37. The zero-order valence-electron chi connectivity index (χ0n) is 11.8. The van der Waals surface area contributed by atoms with E-state index in [0.717, 1.165) is 6.07 Å². The molecule has 1 atom stereocenters. The Morgan fingerprint density at radius 3 is 2.41 bits per heavy atom. The fraction of sp³-hybridized carbons (Fsp3) is 0.200. The standard InChI is InChI=1S/C15H15ClFNO3S/c1-10-8-13(6-7-14(10)17)22(20,21)18-15(9-19)11-2-4-12(16)5-3-11/h2-8,15,18-19H,9H2,1H3. The van der Waals surface area contributed by atoms with E-state index in [1.54, 1.807) is 24.3 Å². The van der Waals surface area contributed by atoms with Crippen LogP contribution in [0.25, 0.3) is 0 Å². The van der Waals surface area contributed by atoms with Gasteiger partial charge in [0.2, 0.25) is 10.0 Å². The lowest BCUT2D eigenvalue weighted by Crippen LogP contribution is -2.31. The zero-order valence-corrected chi connectivity index (χ0v) is 13.3. The van der Waals surface area contributed by atoms with E-state index in [4.69, 9.17) is 11.6 Å². The lowest BCUT2D eigenvalue weighted by atomic mass is 10.1. The predicted octanol–water partition coefficient (Wildman–Crippen LogP) is 2.80. The summed E-state index contributed by atoms with van der Waals surface area (Å²) in [7, 11) is -3.88. The monoisotopic (exact) mass is 343 g/mol.